The van der Waals surface area contributed by atoms with E-state index in [2.05, 4.69) is 0 Å². The Morgan fingerprint density at radius 1 is 0.920 bits per heavy atom. The van der Waals surface area contributed by atoms with Gasteiger partial charge >= 0.3 is 0 Å². The van der Waals surface area contributed by atoms with Crippen molar-refractivity contribution in [3.05, 3.63) is 79.2 Å². The Morgan fingerprint density at radius 2 is 1.58 bits per heavy atom. The molecule has 0 unspecified atom stereocenters. The minimum absolute atomic E-state index is 0.0102. The minimum Gasteiger partial charge on any atom is -0.507 e. The number of aliphatic hydroxyl groups is 2. The maximum atomic E-state index is 14.9. The standard InChI is InChI=1S/C39H48N2O9/c1-11-17(2)26-15-25(42)29-18(3)12-23-31(37(29)50-26)36(46)32-30(35(23)45)21(27-14-24(40(7)8)33(43)19(4)48-27)13-22(34(32)44)28-16-39(6,41(9)10)38(47)20(5)49-28/h11-13,15,19-20,24,27-28,33,38,43-44,47H,14,16H2,1-10H3/b17-11+/t19-,20+,24-,27-,28-,33-,38-,39+/m1/s1. The van der Waals surface area contributed by atoms with Crippen LogP contribution in [0.3, 0.4) is 0 Å². The zero-order valence-electron chi connectivity index (χ0n) is 30.5. The first-order valence-corrected chi connectivity index (χ1v) is 17.2. The largest absolute Gasteiger partial charge is 0.507 e. The van der Waals surface area contributed by atoms with Gasteiger partial charge in [-0.2, -0.15) is 0 Å². The van der Waals surface area contributed by atoms with Crippen LogP contribution in [0.25, 0.3) is 16.5 Å². The summed E-state index contributed by atoms with van der Waals surface area (Å²) in [4.78, 5) is 47.0. The number of hydrogen-bond acceptors (Lipinski definition) is 11. The van der Waals surface area contributed by atoms with Gasteiger partial charge in [0.2, 0.25) is 5.78 Å². The number of aliphatic hydroxyl groups excluding tert-OH is 2. The lowest BCUT2D eigenvalue weighted by molar-refractivity contribution is -0.176. The number of ether oxygens (including phenoxy) is 2. The average molecular weight is 689 g/mol. The molecule has 6 rings (SSSR count). The second-order valence-electron chi connectivity index (χ2n) is 14.9. The van der Waals surface area contributed by atoms with E-state index < -0.39 is 59.5 Å². The SMILES string of the molecule is C/C=C(\C)c1cc(=O)c2c(C)cc3c(c2o1)C(=O)c1c(O)c([C@H]2C[C@](C)(N(C)C)[C@H](O)[C@H](C)O2)cc([C@H]2C[C@@H](N(C)C)[C@H](O)[C@@H](C)O2)c1C3=O. The Labute approximate surface area is 292 Å². The van der Waals surface area contributed by atoms with Crippen LogP contribution in [0.1, 0.15) is 114 Å². The van der Waals surface area contributed by atoms with Crippen LogP contribution in [0.15, 0.2) is 33.5 Å². The van der Waals surface area contributed by atoms with Crippen LogP contribution in [-0.2, 0) is 9.47 Å². The molecule has 1 aliphatic carbocycles. The Kier molecular flexibility index (Phi) is 9.24. The van der Waals surface area contributed by atoms with Crippen molar-refractivity contribution >= 4 is 28.1 Å². The van der Waals surface area contributed by atoms with Gasteiger partial charge in [-0.25, -0.2) is 0 Å². The van der Waals surface area contributed by atoms with Gasteiger partial charge in [0.05, 0.1) is 53.1 Å². The summed E-state index contributed by atoms with van der Waals surface area (Å²) in [6.45, 7) is 10.7. The summed E-state index contributed by atoms with van der Waals surface area (Å²) in [5, 5.41) is 34.5. The molecule has 11 heteroatoms. The molecular formula is C39H48N2O9. The molecule has 3 N–H and O–H groups in total. The molecule has 2 saturated heterocycles. The lowest BCUT2D eigenvalue weighted by Crippen LogP contribution is -2.59. The number of phenols is 1. The molecule has 0 amide bonds. The maximum Gasteiger partial charge on any atom is 0.202 e. The van der Waals surface area contributed by atoms with Crippen molar-refractivity contribution < 1.29 is 38.8 Å². The van der Waals surface area contributed by atoms with E-state index in [0.29, 0.717) is 23.1 Å². The molecular weight excluding hydrogens is 640 g/mol. The Morgan fingerprint density at radius 3 is 2.20 bits per heavy atom. The molecule has 0 spiro atoms. The van der Waals surface area contributed by atoms with Crippen molar-refractivity contribution in [2.24, 2.45) is 0 Å². The van der Waals surface area contributed by atoms with E-state index in [1.54, 1.807) is 52.8 Å². The number of hydrogen-bond donors (Lipinski definition) is 3. The highest BCUT2D eigenvalue weighted by Crippen LogP contribution is 2.49. The highest BCUT2D eigenvalue weighted by atomic mass is 16.5. The Bertz CT molecular complexity index is 2000. The molecule has 2 fully saturated rings. The Hall–Kier alpha value is -3.71. The summed E-state index contributed by atoms with van der Waals surface area (Å²) >= 11 is 0. The number of phenolic OH excluding ortho intramolecular Hbond substituents is 1. The molecule has 3 aliphatic rings. The zero-order valence-corrected chi connectivity index (χ0v) is 30.5. The van der Waals surface area contributed by atoms with E-state index in [9.17, 15) is 29.7 Å². The number of ketones is 2. The first-order valence-electron chi connectivity index (χ1n) is 17.2. The van der Waals surface area contributed by atoms with Gasteiger partial charge in [0, 0.05) is 34.3 Å². The number of benzene rings is 2. The minimum atomic E-state index is -0.847. The first kappa shape index (κ1) is 36.1. The number of aromatic hydroxyl groups is 1. The normalized spacial score (nSPS) is 30.3. The predicted molar refractivity (Wildman–Crippen MR) is 189 cm³/mol. The molecule has 0 bridgehead atoms. The molecule has 0 radical (unpaired) electrons. The zero-order chi connectivity index (χ0) is 36.7. The molecule has 1 aromatic heterocycles. The number of allylic oxidation sites excluding steroid dienone is 2. The number of carbonyl (C=O) groups excluding carboxylic acids is 2. The van der Waals surface area contributed by atoms with Gasteiger partial charge in [-0.3, -0.25) is 14.4 Å². The van der Waals surface area contributed by atoms with Crippen LogP contribution in [0, 0.1) is 6.92 Å². The third-order valence-corrected chi connectivity index (χ3v) is 11.5. The van der Waals surface area contributed by atoms with Gasteiger partial charge in [-0.1, -0.05) is 6.08 Å². The van der Waals surface area contributed by atoms with Crippen LogP contribution < -0.4 is 5.43 Å². The molecule has 0 saturated carbocycles. The van der Waals surface area contributed by atoms with Crippen LogP contribution in [0.4, 0.5) is 0 Å². The van der Waals surface area contributed by atoms with E-state index in [0.717, 1.165) is 0 Å². The third-order valence-electron chi connectivity index (χ3n) is 11.5. The molecule has 3 heterocycles. The maximum absolute atomic E-state index is 14.9. The van der Waals surface area contributed by atoms with Crippen molar-refractivity contribution in [1.82, 2.24) is 9.80 Å². The number of carbonyl (C=O) groups is 2. The van der Waals surface area contributed by atoms with E-state index in [1.807, 2.05) is 44.9 Å². The van der Waals surface area contributed by atoms with E-state index in [-0.39, 0.29) is 62.4 Å². The van der Waals surface area contributed by atoms with Gasteiger partial charge in [0.25, 0.3) is 0 Å². The number of aryl methyl sites for hydroxylation is 1. The summed E-state index contributed by atoms with van der Waals surface area (Å²) in [5.74, 6) is -1.31. The number of nitrogens with zero attached hydrogens (tertiary/aromatic N) is 2. The fraction of sp³-hybridized carbons (Fsp3) is 0.513. The quantitative estimate of drug-likeness (QED) is 0.268. The van der Waals surface area contributed by atoms with Crippen molar-refractivity contribution in [2.45, 2.75) is 103 Å². The fourth-order valence-electron chi connectivity index (χ4n) is 8.00. The molecule has 11 nitrogen and oxygen atoms in total. The molecule has 50 heavy (non-hydrogen) atoms. The van der Waals surface area contributed by atoms with Gasteiger partial charge in [-0.05, 0) is 111 Å². The summed E-state index contributed by atoms with van der Waals surface area (Å²) in [7, 11) is 7.46. The monoisotopic (exact) mass is 688 g/mol. The van der Waals surface area contributed by atoms with Crippen LogP contribution in [0.2, 0.25) is 0 Å². The van der Waals surface area contributed by atoms with E-state index in [1.165, 1.54) is 6.07 Å². The summed E-state index contributed by atoms with van der Waals surface area (Å²) in [6.07, 6.45) is -2.05. The van der Waals surface area contributed by atoms with Crippen molar-refractivity contribution in [2.75, 3.05) is 28.2 Å². The number of likely N-dealkylation sites (N-methyl/N-ethyl adjacent to an activating group) is 2. The predicted octanol–water partition coefficient (Wildman–Crippen LogP) is 4.68. The Balaban J connectivity index is 1.65. The smallest absolute Gasteiger partial charge is 0.202 e. The molecule has 268 valence electrons. The van der Waals surface area contributed by atoms with Crippen LogP contribution in [0.5, 0.6) is 5.75 Å². The van der Waals surface area contributed by atoms with E-state index >= 15 is 0 Å². The highest BCUT2D eigenvalue weighted by Gasteiger charge is 2.49. The van der Waals surface area contributed by atoms with E-state index in [4.69, 9.17) is 13.9 Å². The lowest BCUT2D eigenvalue weighted by atomic mass is 9.74. The van der Waals surface area contributed by atoms with Crippen LogP contribution >= 0.6 is 0 Å². The molecule has 2 aliphatic heterocycles. The fourth-order valence-corrected chi connectivity index (χ4v) is 8.00. The topological polar surface area (TPSA) is 150 Å². The number of rotatable bonds is 5. The van der Waals surface area contributed by atoms with Crippen molar-refractivity contribution in [3.63, 3.8) is 0 Å². The summed E-state index contributed by atoms with van der Waals surface area (Å²) in [6, 6.07) is 4.29. The summed E-state index contributed by atoms with van der Waals surface area (Å²) in [5.41, 5.74) is 0.492. The van der Waals surface area contributed by atoms with Gasteiger partial charge in [0.1, 0.15) is 11.5 Å². The van der Waals surface area contributed by atoms with Gasteiger partial charge in [0.15, 0.2) is 16.8 Å². The van der Waals surface area contributed by atoms with Gasteiger partial charge < -0.3 is 39.0 Å². The lowest BCUT2D eigenvalue weighted by Gasteiger charge is -2.49. The summed E-state index contributed by atoms with van der Waals surface area (Å²) < 4.78 is 19.0. The second-order valence-corrected chi connectivity index (χ2v) is 14.9. The van der Waals surface area contributed by atoms with Crippen molar-refractivity contribution in [1.29, 1.82) is 0 Å². The molecule has 8 atom stereocenters. The first-order chi connectivity index (χ1) is 23.4. The highest BCUT2D eigenvalue weighted by molar-refractivity contribution is 6.33. The molecule has 3 aromatic rings. The van der Waals surface area contributed by atoms with Crippen LogP contribution in [-0.4, -0.2) is 101 Å². The van der Waals surface area contributed by atoms with Gasteiger partial charge in [-0.15, -0.1) is 0 Å². The average Bonchev–Trinajstić information content (AvgIpc) is 3.05. The third kappa shape index (κ3) is 5.46. The van der Waals surface area contributed by atoms with Crippen molar-refractivity contribution in [3.8, 4) is 5.75 Å². The second kappa shape index (κ2) is 12.8. The number of fused-ring (bicyclic) bond motifs is 4. The molecule has 2 aromatic carbocycles.